The Morgan fingerprint density at radius 1 is 1.48 bits per heavy atom. The number of nitrogens with one attached hydrogen (secondary N) is 1. The van der Waals surface area contributed by atoms with Crippen LogP contribution in [-0.2, 0) is 9.53 Å². The Morgan fingerprint density at radius 3 is 2.65 bits per heavy atom. The van der Waals surface area contributed by atoms with Gasteiger partial charge in [0.25, 0.3) is 0 Å². The molecule has 1 atom stereocenters. The second-order valence-corrected chi connectivity index (χ2v) is 5.43. The lowest BCUT2D eigenvalue weighted by molar-refractivity contribution is -0.390. The lowest BCUT2D eigenvalue weighted by Gasteiger charge is -2.22. The molecule has 1 aromatic heterocycles. The third-order valence-corrected chi connectivity index (χ3v) is 2.32. The molecule has 0 aliphatic rings. The zero-order chi connectivity index (χ0) is 17.6. The van der Waals surface area contributed by atoms with Gasteiger partial charge in [-0.15, -0.1) is 0 Å². The van der Waals surface area contributed by atoms with E-state index in [-0.39, 0.29) is 5.75 Å². The van der Waals surface area contributed by atoms with Gasteiger partial charge in [0.2, 0.25) is 5.75 Å². The summed E-state index contributed by atoms with van der Waals surface area (Å²) in [5.41, 5.74) is -0.796. The Bertz CT molecular complexity index is 597. The van der Waals surface area contributed by atoms with Gasteiger partial charge in [-0.2, -0.15) is 0 Å². The number of hydrogen-bond donors (Lipinski definition) is 2. The number of carbonyl (C=O) groups excluding carboxylic acids is 1. The number of pyridine rings is 1. The Balaban J connectivity index is 2.73. The number of aliphatic carboxylic acids is 1. The predicted octanol–water partition coefficient (Wildman–Crippen LogP) is 1.35. The van der Waals surface area contributed by atoms with Crippen molar-refractivity contribution in [2.45, 2.75) is 32.4 Å². The van der Waals surface area contributed by atoms with Crippen LogP contribution in [0.2, 0.25) is 0 Å². The number of hydrogen-bond acceptors (Lipinski definition) is 7. The summed E-state index contributed by atoms with van der Waals surface area (Å²) in [5.74, 6) is -2.12. The molecule has 1 amide bonds. The van der Waals surface area contributed by atoms with Crippen LogP contribution in [0, 0.1) is 10.1 Å². The lowest BCUT2D eigenvalue weighted by atomic mass is 10.2. The number of carbonyl (C=O) groups is 2. The summed E-state index contributed by atoms with van der Waals surface area (Å²) in [4.78, 5) is 36.3. The van der Waals surface area contributed by atoms with Crippen molar-refractivity contribution in [1.82, 2.24) is 10.3 Å². The van der Waals surface area contributed by atoms with E-state index in [4.69, 9.17) is 14.6 Å². The normalized spacial score (nSPS) is 12.1. The highest BCUT2D eigenvalue weighted by Crippen LogP contribution is 2.22. The SMILES string of the molecule is CC(C)(C)OC(=O)NC(COc1cccnc1[N+](=O)[O-])C(=O)O. The van der Waals surface area contributed by atoms with Gasteiger partial charge in [0.15, 0.2) is 6.04 Å². The monoisotopic (exact) mass is 327 g/mol. The van der Waals surface area contributed by atoms with Gasteiger partial charge in [-0.1, -0.05) is 0 Å². The topological polar surface area (TPSA) is 141 Å². The van der Waals surface area contributed by atoms with E-state index in [0.29, 0.717) is 0 Å². The van der Waals surface area contributed by atoms with Crippen molar-refractivity contribution in [1.29, 1.82) is 0 Å². The first-order chi connectivity index (χ1) is 10.6. The third kappa shape index (κ3) is 6.16. The molecule has 0 spiro atoms. The molecule has 10 nitrogen and oxygen atoms in total. The maximum absolute atomic E-state index is 11.6. The van der Waals surface area contributed by atoms with Gasteiger partial charge < -0.3 is 30.0 Å². The molecule has 10 heteroatoms. The fourth-order valence-corrected chi connectivity index (χ4v) is 1.43. The summed E-state index contributed by atoms with van der Waals surface area (Å²) in [7, 11) is 0. The standard InChI is InChI=1S/C13H17N3O7/c1-13(2,3)23-12(19)15-8(11(17)18)7-22-9-5-4-6-14-10(9)16(20)21/h4-6,8H,7H2,1-3H3,(H,15,19)(H,17,18). The van der Waals surface area contributed by atoms with Crippen LogP contribution in [0.3, 0.4) is 0 Å². The maximum atomic E-state index is 11.6. The molecular formula is C13H17N3O7. The first-order valence-electron chi connectivity index (χ1n) is 6.54. The second-order valence-electron chi connectivity index (χ2n) is 5.43. The van der Waals surface area contributed by atoms with Crippen molar-refractivity contribution in [3.05, 3.63) is 28.4 Å². The molecule has 1 aromatic rings. The van der Waals surface area contributed by atoms with Gasteiger partial charge in [-0.3, -0.25) is 0 Å². The van der Waals surface area contributed by atoms with Gasteiger partial charge in [-0.25, -0.2) is 9.59 Å². The lowest BCUT2D eigenvalue weighted by Crippen LogP contribution is -2.46. The van der Waals surface area contributed by atoms with E-state index in [0.717, 1.165) is 0 Å². The highest BCUT2D eigenvalue weighted by molar-refractivity contribution is 5.80. The molecular weight excluding hydrogens is 310 g/mol. The number of nitro groups is 1. The molecule has 0 saturated carbocycles. The van der Waals surface area contributed by atoms with Crippen molar-refractivity contribution >= 4 is 17.9 Å². The number of alkyl carbamates (subject to hydrolysis) is 1. The number of amides is 1. The quantitative estimate of drug-likeness (QED) is 0.589. The number of carboxylic acid groups (broad SMARTS) is 1. The van der Waals surface area contributed by atoms with Crippen LogP contribution in [0.4, 0.5) is 10.6 Å². The molecule has 0 fully saturated rings. The summed E-state index contributed by atoms with van der Waals surface area (Å²) in [5, 5.41) is 22.0. The first kappa shape index (κ1) is 18.1. The van der Waals surface area contributed by atoms with Crippen LogP contribution in [0.15, 0.2) is 18.3 Å². The average molecular weight is 327 g/mol. The first-order valence-corrected chi connectivity index (χ1v) is 6.54. The molecule has 1 heterocycles. The van der Waals surface area contributed by atoms with Crippen LogP contribution < -0.4 is 10.1 Å². The van der Waals surface area contributed by atoms with Gasteiger partial charge in [-0.05, 0) is 42.8 Å². The van der Waals surface area contributed by atoms with Gasteiger partial charge >= 0.3 is 17.9 Å². The van der Waals surface area contributed by atoms with Crippen molar-refractivity contribution in [2.75, 3.05) is 6.61 Å². The zero-order valence-corrected chi connectivity index (χ0v) is 12.8. The van der Waals surface area contributed by atoms with E-state index in [2.05, 4.69) is 10.3 Å². The molecule has 0 bridgehead atoms. The number of rotatable bonds is 6. The number of ether oxygens (including phenoxy) is 2. The second kappa shape index (κ2) is 7.38. The molecule has 23 heavy (non-hydrogen) atoms. The van der Waals surface area contributed by atoms with Crippen LogP contribution in [0.25, 0.3) is 0 Å². The van der Waals surface area contributed by atoms with E-state index < -0.39 is 41.1 Å². The Labute approximate surface area is 131 Å². The Hall–Kier alpha value is -2.91. The third-order valence-electron chi connectivity index (χ3n) is 2.32. The Kier molecular flexibility index (Phi) is 5.82. The predicted molar refractivity (Wildman–Crippen MR) is 77.2 cm³/mol. The zero-order valence-electron chi connectivity index (χ0n) is 12.8. The van der Waals surface area contributed by atoms with E-state index in [1.54, 1.807) is 20.8 Å². The minimum absolute atomic E-state index is 0.199. The van der Waals surface area contributed by atoms with Crippen LogP contribution in [0.5, 0.6) is 5.75 Å². The molecule has 0 aromatic carbocycles. The summed E-state index contributed by atoms with van der Waals surface area (Å²) in [6.45, 7) is 4.34. The van der Waals surface area contributed by atoms with E-state index >= 15 is 0 Å². The number of nitrogens with zero attached hydrogens (tertiary/aromatic N) is 2. The fourth-order valence-electron chi connectivity index (χ4n) is 1.43. The smallest absolute Gasteiger partial charge is 0.408 e. The van der Waals surface area contributed by atoms with E-state index in [9.17, 15) is 19.7 Å². The minimum Gasteiger partial charge on any atom is -0.483 e. The highest BCUT2D eigenvalue weighted by Gasteiger charge is 2.26. The summed E-state index contributed by atoms with van der Waals surface area (Å²) < 4.78 is 10.0. The fraction of sp³-hybridized carbons (Fsp3) is 0.462. The van der Waals surface area contributed by atoms with Crippen LogP contribution in [0.1, 0.15) is 20.8 Å². The van der Waals surface area contributed by atoms with Gasteiger partial charge in [0, 0.05) is 0 Å². The van der Waals surface area contributed by atoms with E-state index in [1.807, 2.05) is 0 Å². The van der Waals surface area contributed by atoms with Gasteiger partial charge in [0.05, 0.1) is 0 Å². The molecule has 2 N–H and O–H groups in total. The Morgan fingerprint density at radius 2 is 2.13 bits per heavy atom. The van der Waals surface area contributed by atoms with Crippen molar-refractivity contribution in [3.8, 4) is 5.75 Å². The highest BCUT2D eigenvalue weighted by atomic mass is 16.6. The minimum atomic E-state index is -1.44. The van der Waals surface area contributed by atoms with Crippen LogP contribution >= 0.6 is 0 Å². The van der Waals surface area contributed by atoms with Crippen molar-refractivity contribution in [3.63, 3.8) is 0 Å². The molecule has 0 aliphatic heterocycles. The molecule has 0 saturated heterocycles. The maximum Gasteiger partial charge on any atom is 0.408 e. The van der Waals surface area contributed by atoms with Crippen molar-refractivity contribution < 1.29 is 29.1 Å². The summed E-state index contributed by atoms with van der Waals surface area (Å²) >= 11 is 0. The molecule has 0 radical (unpaired) electrons. The van der Waals surface area contributed by atoms with E-state index in [1.165, 1.54) is 18.3 Å². The summed E-state index contributed by atoms with van der Waals surface area (Å²) in [6.07, 6.45) is 0.271. The van der Waals surface area contributed by atoms with Crippen LogP contribution in [-0.4, -0.2) is 45.3 Å². The molecule has 126 valence electrons. The molecule has 1 unspecified atom stereocenters. The average Bonchev–Trinajstić information content (AvgIpc) is 2.41. The van der Waals surface area contributed by atoms with Crippen molar-refractivity contribution in [2.24, 2.45) is 0 Å². The largest absolute Gasteiger partial charge is 0.483 e. The molecule has 1 rings (SSSR count). The number of carboxylic acids is 1. The molecule has 0 aliphatic carbocycles. The summed E-state index contributed by atoms with van der Waals surface area (Å²) in [6, 6.07) is 1.24. The number of aromatic nitrogens is 1. The van der Waals surface area contributed by atoms with Gasteiger partial charge in [0.1, 0.15) is 18.4 Å².